The van der Waals surface area contributed by atoms with Gasteiger partial charge >= 0.3 is 12.1 Å². The fourth-order valence-corrected chi connectivity index (χ4v) is 5.56. The monoisotopic (exact) mass is 571 g/mol. The van der Waals surface area contributed by atoms with Crippen molar-refractivity contribution in [1.82, 2.24) is 15.2 Å². The zero-order chi connectivity index (χ0) is 27.8. The minimum absolute atomic E-state index is 0.0479. The van der Waals surface area contributed by atoms with E-state index in [2.05, 4.69) is 15.5 Å². The molecule has 14 nitrogen and oxygen atoms in total. The predicted molar refractivity (Wildman–Crippen MR) is 136 cm³/mol. The number of rotatable bonds is 12. The number of hydrogen-bond acceptors (Lipinski definition) is 14. The predicted octanol–water partition coefficient (Wildman–Crippen LogP) is 1.44. The minimum Gasteiger partial charge on any atom is -0.434 e. The zero-order valence-electron chi connectivity index (χ0n) is 21.0. The number of ether oxygens (including phenoxy) is 4. The zero-order valence-corrected chi connectivity index (χ0v) is 22.6. The fourth-order valence-electron chi connectivity index (χ4n) is 3.68. The summed E-state index contributed by atoms with van der Waals surface area (Å²) < 4.78 is 20.4. The van der Waals surface area contributed by atoms with Crippen molar-refractivity contribution in [1.29, 1.82) is 0 Å². The molecular formula is C22H29N5O9S2. The van der Waals surface area contributed by atoms with Gasteiger partial charge in [-0.05, 0) is 12.0 Å². The molecule has 0 aliphatic carbocycles. The van der Waals surface area contributed by atoms with Crippen LogP contribution in [0.4, 0.5) is 9.93 Å². The molecule has 3 heterocycles. The molecule has 3 rings (SSSR count). The van der Waals surface area contributed by atoms with E-state index in [1.54, 1.807) is 0 Å². The van der Waals surface area contributed by atoms with Gasteiger partial charge in [-0.15, -0.1) is 23.1 Å². The van der Waals surface area contributed by atoms with Gasteiger partial charge in [0.2, 0.25) is 6.29 Å². The Kier molecular flexibility index (Phi) is 10.3. The number of amides is 2. The van der Waals surface area contributed by atoms with Crippen LogP contribution >= 0.6 is 23.1 Å². The summed E-state index contributed by atoms with van der Waals surface area (Å²) in [6, 6.07) is -1.01. The van der Waals surface area contributed by atoms with Gasteiger partial charge in [0.1, 0.15) is 22.8 Å². The Balaban J connectivity index is 1.66. The number of hydrogen-bond donors (Lipinski definition) is 3. The minimum atomic E-state index is -1.29. The standard InChI is InChI=1S/C22H29N5O9S2/c1-4-5-6-7-34-22(31)36-11(2)35-20(30)16-12(8-33-3)9-37-19-15(18(29)27(16)19)25-17(28)14(26-32)13-10-38-21(23)24-13/h10-11,15,19,32H,4-9H2,1-3H3,(H2,23,24)(H,25,28)/t11?,15?,19-/m0/s1. The maximum atomic E-state index is 13.1. The maximum Gasteiger partial charge on any atom is 0.511 e. The number of nitrogens with two attached hydrogens (primary N) is 1. The van der Waals surface area contributed by atoms with Crippen LogP contribution in [0.15, 0.2) is 21.8 Å². The van der Waals surface area contributed by atoms with E-state index in [1.807, 2.05) is 6.92 Å². The molecule has 0 saturated carbocycles. The first-order valence-corrected chi connectivity index (χ1v) is 13.6. The molecule has 1 aromatic rings. The Labute approximate surface area is 226 Å². The molecule has 1 aromatic heterocycles. The summed E-state index contributed by atoms with van der Waals surface area (Å²) in [6.07, 6.45) is 0.278. The van der Waals surface area contributed by atoms with Gasteiger partial charge in [0.05, 0.1) is 13.2 Å². The molecule has 38 heavy (non-hydrogen) atoms. The van der Waals surface area contributed by atoms with Crippen LogP contribution in [0.2, 0.25) is 0 Å². The molecule has 0 bridgehead atoms. The number of β-lactam (4-membered cyclic amide) rings is 1. The summed E-state index contributed by atoms with van der Waals surface area (Å²) in [5, 5.41) is 15.8. The van der Waals surface area contributed by atoms with Gasteiger partial charge in [-0.3, -0.25) is 14.5 Å². The summed E-state index contributed by atoms with van der Waals surface area (Å²) in [5.41, 5.74) is 5.65. The molecule has 2 amide bonds. The third-order valence-corrected chi connectivity index (χ3v) is 7.44. The number of thiazole rings is 1. The van der Waals surface area contributed by atoms with Gasteiger partial charge in [-0.25, -0.2) is 14.6 Å². The van der Waals surface area contributed by atoms with E-state index < -0.39 is 47.4 Å². The highest BCUT2D eigenvalue weighted by molar-refractivity contribution is 8.00. The van der Waals surface area contributed by atoms with Crippen LogP contribution in [-0.4, -0.2) is 88.5 Å². The number of thioether (sulfide) groups is 1. The second-order valence-electron chi connectivity index (χ2n) is 8.16. The Morgan fingerprint density at radius 1 is 1.34 bits per heavy atom. The second-order valence-corrected chi connectivity index (χ2v) is 10.2. The molecule has 3 atom stereocenters. The van der Waals surface area contributed by atoms with E-state index >= 15 is 0 Å². The summed E-state index contributed by atoms with van der Waals surface area (Å²) >= 11 is 2.35. The van der Waals surface area contributed by atoms with E-state index in [9.17, 15) is 24.4 Å². The molecule has 16 heteroatoms. The van der Waals surface area contributed by atoms with Gasteiger partial charge < -0.3 is 35.2 Å². The highest BCUT2D eigenvalue weighted by atomic mass is 32.2. The van der Waals surface area contributed by atoms with Crippen LogP contribution in [0.5, 0.6) is 0 Å². The molecule has 1 fully saturated rings. The lowest BCUT2D eigenvalue weighted by Crippen LogP contribution is -2.71. The largest absolute Gasteiger partial charge is 0.511 e. The number of carbonyl (C=O) groups excluding carboxylic acids is 4. The summed E-state index contributed by atoms with van der Waals surface area (Å²) in [4.78, 5) is 55.8. The normalized spacial score (nSPS) is 19.8. The number of carbonyl (C=O) groups is 4. The lowest BCUT2D eigenvalue weighted by molar-refractivity contribution is -0.169. The molecule has 0 aromatic carbocycles. The maximum absolute atomic E-state index is 13.1. The SMILES string of the molecule is CCCCCOC(=O)OC(C)OC(=O)C1=C(COC)CS[C@H]2C(NC(=O)C(=NO)c3csc(N)n3)C(=O)N12. The highest BCUT2D eigenvalue weighted by Crippen LogP contribution is 2.41. The van der Waals surface area contributed by atoms with Crippen molar-refractivity contribution in [2.75, 3.05) is 31.8 Å². The molecule has 4 N–H and O–H groups in total. The van der Waals surface area contributed by atoms with Gasteiger partial charge in [0, 0.05) is 25.2 Å². The molecule has 2 unspecified atom stereocenters. The van der Waals surface area contributed by atoms with Gasteiger partial charge in [-0.1, -0.05) is 24.9 Å². The van der Waals surface area contributed by atoms with Crippen molar-refractivity contribution in [3.05, 3.63) is 22.3 Å². The summed E-state index contributed by atoms with van der Waals surface area (Å²) in [6.45, 7) is 3.59. The number of methoxy groups -OCH3 is 1. The Morgan fingerprint density at radius 3 is 2.74 bits per heavy atom. The van der Waals surface area contributed by atoms with E-state index in [0.717, 1.165) is 24.2 Å². The van der Waals surface area contributed by atoms with Crippen LogP contribution in [0.25, 0.3) is 0 Å². The average Bonchev–Trinajstić information content (AvgIpc) is 3.30. The van der Waals surface area contributed by atoms with E-state index in [0.29, 0.717) is 17.7 Å². The lowest BCUT2D eigenvalue weighted by atomic mass is 10.0. The van der Waals surface area contributed by atoms with E-state index in [4.69, 9.17) is 24.7 Å². The Hall–Kier alpha value is -3.37. The number of nitrogens with one attached hydrogen (secondary N) is 1. The third kappa shape index (κ3) is 6.73. The van der Waals surface area contributed by atoms with Crippen LogP contribution < -0.4 is 11.1 Å². The van der Waals surface area contributed by atoms with Crippen molar-refractivity contribution in [2.24, 2.45) is 5.16 Å². The molecule has 208 valence electrons. The Morgan fingerprint density at radius 2 is 2.11 bits per heavy atom. The van der Waals surface area contributed by atoms with Crippen molar-refractivity contribution in [3.63, 3.8) is 0 Å². The van der Waals surface area contributed by atoms with E-state index in [-0.39, 0.29) is 29.7 Å². The van der Waals surface area contributed by atoms with Crippen molar-refractivity contribution in [3.8, 4) is 0 Å². The smallest absolute Gasteiger partial charge is 0.434 e. The van der Waals surface area contributed by atoms with Crippen molar-refractivity contribution < 1.29 is 43.3 Å². The van der Waals surface area contributed by atoms with Gasteiger partial charge in [-0.2, -0.15) is 0 Å². The lowest BCUT2D eigenvalue weighted by Gasteiger charge is -2.49. The first kappa shape index (κ1) is 29.2. The van der Waals surface area contributed by atoms with Crippen LogP contribution in [0, 0.1) is 0 Å². The number of unbranched alkanes of at least 4 members (excludes halogenated alkanes) is 2. The molecule has 2 aliphatic rings. The number of aromatic nitrogens is 1. The number of anilines is 1. The molecule has 0 radical (unpaired) electrons. The van der Waals surface area contributed by atoms with Crippen LogP contribution in [0.3, 0.4) is 0 Å². The number of oxime groups is 1. The summed E-state index contributed by atoms with van der Waals surface area (Å²) in [7, 11) is 1.44. The average molecular weight is 572 g/mol. The molecule has 2 aliphatic heterocycles. The Bertz CT molecular complexity index is 1120. The fraction of sp³-hybridized carbons (Fsp3) is 0.545. The molecule has 0 spiro atoms. The summed E-state index contributed by atoms with van der Waals surface area (Å²) in [5.74, 6) is -2.03. The first-order valence-electron chi connectivity index (χ1n) is 11.7. The number of nitrogen functional groups attached to an aromatic ring is 1. The third-order valence-electron chi connectivity index (χ3n) is 5.43. The van der Waals surface area contributed by atoms with Gasteiger partial charge in [0.25, 0.3) is 11.8 Å². The van der Waals surface area contributed by atoms with Crippen LogP contribution in [-0.2, 0) is 33.3 Å². The van der Waals surface area contributed by atoms with E-state index in [1.165, 1.54) is 36.1 Å². The number of nitrogens with zero attached hydrogens (tertiary/aromatic N) is 3. The van der Waals surface area contributed by atoms with Gasteiger partial charge in [0.15, 0.2) is 10.8 Å². The van der Waals surface area contributed by atoms with Crippen molar-refractivity contribution in [2.45, 2.75) is 50.8 Å². The number of fused-ring (bicyclic) bond motifs is 1. The highest BCUT2D eigenvalue weighted by Gasteiger charge is 2.55. The molecule has 1 saturated heterocycles. The first-order chi connectivity index (χ1) is 18.2. The second kappa shape index (κ2) is 13.4. The topological polar surface area (TPSA) is 192 Å². The van der Waals surface area contributed by atoms with Crippen LogP contribution in [0.1, 0.15) is 38.8 Å². The van der Waals surface area contributed by atoms with Crippen molar-refractivity contribution >= 4 is 57.9 Å². The quantitative estimate of drug-likeness (QED) is 0.0623. The number of esters is 1. The molecular weight excluding hydrogens is 542 g/mol.